The largest absolute Gasteiger partial charge is 0.465 e. The molecule has 2 N–H and O–H groups in total. The van der Waals surface area contributed by atoms with E-state index in [1.54, 1.807) is 37.3 Å². The Labute approximate surface area is 147 Å². The van der Waals surface area contributed by atoms with Crippen molar-refractivity contribution in [2.45, 2.75) is 23.0 Å². The lowest BCUT2D eigenvalue weighted by molar-refractivity contribution is -0.149. The average molecular weight is 359 g/mol. The predicted octanol–water partition coefficient (Wildman–Crippen LogP) is 2.13. The fraction of sp³-hybridized carbons (Fsp3) is 0.316. The normalized spacial score (nSPS) is 25.4. The Morgan fingerprint density at radius 1 is 1.08 bits per heavy atom. The molecule has 6 heteroatoms. The standard InChI is InChI=1S/C19H21NO4S/c1-2-24-18(21)19(13-20)16(14-9-5-3-6-10-14)17(19)25(22,23)15-11-7-4-8-12-15/h3-12,16-17H,2,13,20H2,1H3/t16-,17+,19-/m1/s1. The third kappa shape index (κ3) is 2.75. The van der Waals surface area contributed by atoms with Gasteiger partial charge in [-0.3, -0.25) is 4.79 Å². The molecule has 3 atom stereocenters. The lowest BCUT2D eigenvalue weighted by atomic mass is 9.99. The van der Waals surface area contributed by atoms with E-state index in [0.717, 1.165) is 5.56 Å². The molecular weight excluding hydrogens is 338 g/mol. The maximum absolute atomic E-state index is 13.2. The zero-order valence-corrected chi connectivity index (χ0v) is 14.8. The van der Waals surface area contributed by atoms with Gasteiger partial charge in [-0.05, 0) is 24.6 Å². The zero-order valence-electron chi connectivity index (χ0n) is 14.0. The summed E-state index contributed by atoms with van der Waals surface area (Å²) in [5.41, 5.74) is 5.47. The van der Waals surface area contributed by atoms with Gasteiger partial charge in [0, 0.05) is 12.5 Å². The van der Waals surface area contributed by atoms with Crippen LogP contribution < -0.4 is 5.73 Å². The smallest absolute Gasteiger partial charge is 0.315 e. The minimum absolute atomic E-state index is 0.0812. The van der Waals surface area contributed by atoms with Crippen LogP contribution in [-0.4, -0.2) is 32.8 Å². The van der Waals surface area contributed by atoms with E-state index in [-0.39, 0.29) is 18.0 Å². The van der Waals surface area contributed by atoms with Crippen molar-refractivity contribution in [2.24, 2.45) is 11.1 Å². The van der Waals surface area contributed by atoms with Crippen molar-refractivity contribution in [3.8, 4) is 0 Å². The van der Waals surface area contributed by atoms with Gasteiger partial charge in [0.05, 0.1) is 16.8 Å². The van der Waals surface area contributed by atoms with Crippen LogP contribution in [0.5, 0.6) is 0 Å². The molecule has 1 aliphatic carbocycles. The molecule has 1 fully saturated rings. The monoisotopic (exact) mass is 359 g/mol. The quantitative estimate of drug-likeness (QED) is 0.799. The number of rotatable bonds is 6. The highest BCUT2D eigenvalue weighted by Crippen LogP contribution is 2.64. The number of esters is 1. The van der Waals surface area contributed by atoms with E-state index in [1.165, 1.54) is 0 Å². The van der Waals surface area contributed by atoms with Gasteiger partial charge in [0.2, 0.25) is 0 Å². The summed E-state index contributed by atoms with van der Waals surface area (Å²) in [4.78, 5) is 12.9. The molecule has 0 spiro atoms. The molecular formula is C19H21NO4S. The van der Waals surface area contributed by atoms with Crippen LogP contribution in [0.15, 0.2) is 65.6 Å². The molecule has 0 unspecified atom stereocenters. The molecule has 2 aromatic carbocycles. The molecule has 0 aliphatic heterocycles. The molecule has 0 aromatic heterocycles. The van der Waals surface area contributed by atoms with Crippen molar-refractivity contribution >= 4 is 15.8 Å². The highest BCUT2D eigenvalue weighted by molar-refractivity contribution is 7.92. The van der Waals surface area contributed by atoms with Crippen LogP contribution in [0.1, 0.15) is 18.4 Å². The van der Waals surface area contributed by atoms with Gasteiger partial charge in [-0.25, -0.2) is 8.42 Å². The number of carbonyl (C=O) groups is 1. The van der Waals surface area contributed by atoms with Crippen LogP contribution in [-0.2, 0) is 19.4 Å². The Kier molecular flexibility index (Phi) is 4.67. The number of sulfone groups is 1. The first kappa shape index (κ1) is 17.6. The second-order valence-electron chi connectivity index (χ2n) is 6.13. The van der Waals surface area contributed by atoms with Gasteiger partial charge < -0.3 is 10.5 Å². The number of carbonyl (C=O) groups excluding carboxylic acids is 1. The van der Waals surface area contributed by atoms with Crippen molar-refractivity contribution in [3.63, 3.8) is 0 Å². The minimum Gasteiger partial charge on any atom is -0.465 e. The molecule has 1 saturated carbocycles. The Balaban J connectivity index is 2.11. The van der Waals surface area contributed by atoms with Crippen LogP contribution in [0, 0.1) is 5.41 Å². The molecule has 0 saturated heterocycles. The van der Waals surface area contributed by atoms with E-state index in [9.17, 15) is 13.2 Å². The predicted molar refractivity (Wildman–Crippen MR) is 94.7 cm³/mol. The van der Waals surface area contributed by atoms with Crippen LogP contribution >= 0.6 is 0 Å². The lowest BCUT2D eigenvalue weighted by Crippen LogP contribution is -2.33. The molecule has 0 radical (unpaired) electrons. The summed E-state index contributed by atoms with van der Waals surface area (Å²) in [5, 5.41) is -0.922. The number of nitrogens with two attached hydrogens (primary N) is 1. The van der Waals surface area contributed by atoms with Gasteiger partial charge in [-0.1, -0.05) is 48.5 Å². The van der Waals surface area contributed by atoms with E-state index in [2.05, 4.69) is 0 Å². The van der Waals surface area contributed by atoms with Crippen LogP contribution in [0.3, 0.4) is 0 Å². The van der Waals surface area contributed by atoms with Gasteiger partial charge in [-0.15, -0.1) is 0 Å². The molecule has 1 aliphatic rings. The Morgan fingerprint density at radius 2 is 1.64 bits per heavy atom. The van der Waals surface area contributed by atoms with Crippen molar-refractivity contribution in [2.75, 3.05) is 13.2 Å². The van der Waals surface area contributed by atoms with Gasteiger partial charge in [0.1, 0.15) is 5.41 Å². The van der Waals surface area contributed by atoms with Crippen LogP contribution in [0.4, 0.5) is 0 Å². The van der Waals surface area contributed by atoms with Gasteiger partial charge >= 0.3 is 5.97 Å². The molecule has 5 nitrogen and oxygen atoms in total. The highest BCUT2D eigenvalue weighted by Gasteiger charge is 2.75. The number of ether oxygens (including phenoxy) is 1. The van der Waals surface area contributed by atoms with E-state index in [1.807, 2.05) is 30.3 Å². The zero-order chi connectivity index (χ0) is 18.1. The van der Waals surface area contributed by atoms with Crippen molar-refractivity contribution in [1.29, 1.82) is 0 Å². The van der Waals surface area contributed by atoms with Crippen LogP contribution in [0.25, 0.3) is 0 Å². The summed E-state index contributed by atoms with van der Waals surface area (Å²) >= 11 is 0. The molecule has 2 aromatic rings. The summed E-state index contributed by atoms with van der Waals surface area (Å²) in [6.07, 6.45) is 0. The maximum atomic E-state index is 13.2. The van der Waals surface area contributed by atoms with Crippen LogP contribution in [0.2, 0.25) is 0 Å². The van der Waals surface area contributed by atoms with Gasteiger partial charge in [0.25, 0.3) is 0 Å². The van der Waals surface area contributed by atoms with Crippen molar-refractivity contribution in [3.05, 3.63) is 66.2 Å². The minimum atomic E-state index is -3.73. The first-order valence-electron chi connectivity index (χ1n) is 8.21. The fourth-order valence-electron chi connectivity index (χ4n) is 3.59. The third-order valence-electron chi connectivity index (χ3n) is 4.81. The summed E-state index contributed by atoms with van der Waals surface area (Å²) in [7, 11) is -3.73. The Bertz CT molecular complexity index is 852. The maximum Gasteiger partial charge on any atom is 0.315 e. The highest BCUT2D eigenvalue weighted by atomic mass is 32.2. The lowest BCUT2D eigenvalue weighted by Gasteiger charge is -2.14. The molecule has 0 heterocycles. The first-order chi connectivity index (χ1) is 12.0. The second-order valence-corrected chi connectivity index (χ2v) is 8.20. The van der Waals surface area contributed by atoms with E-state index < -0.39 is 32.4 Å². The van der Waals surface area contributed by atoms with Crippen molar-refractivity contribution < 1.29 is 17.9 Å². The van der Waals surface area contributed by atoms with E-state index >= 15 is 0 Å². The topological polar surface area (TPSA) is 86.5 Å². The van der Waals surface area contributed by atoms with Gasteiger partial charge in [-0.2, -0.15) is 0 Å². The number of hydrogen-bond donors (Lipinski definition) is 1. The number of hydrogen-bond acceptors (Lipinski definition) is 5. The van der Waals surface area contributed by atoms with E-state index in [4.69, 9.17) is 10.5 Å². The van der Waals surface area contributed by atoms with E-state index in [0.29, 0.717) is 0 Å². The Morgan fingerprint density at radius 3 is 2.16 bits per heavy atom. The molecule has 0 bridgehead atoms. The Hall–Kier alpha value is -2.18. The third-order valence-corrected chi connectivity index (χ3v) is 7.10. The number of benzene rings is 2. The first-order valence-corrected chi connectivity index (χ1v) is 9.76. The SMILES string of the molecule is CCOC(=O)[C@]1(CN)[C@H](c2ccccc2)[C@@H]1S(=O)(=O)c1ccccc1. The summed E-state index contributed by atoms with van der Waals surface area (Å²) in [5.74, 6) is -1.06. The molecule has 25 heavy (non-hydrogen) atoms. The summed E-state index contributed by atoms with van der Waals surface area (Å²) in [6.45, 7) is 1.80. The molecule has 0 amide bonds. The fourth-order valence-corrected chi connectivity index (χ4v) is 5.99. The second kappa shape index (κ2) is 6.61. The molecule has 132 valence electrons. The average Bonchev–Trinajstić information content (AvgIpc) is 3.35. The molecule has 3 rings (SSSR count). The summed E-state index contributed by atoms with van der Waals surface area (Å²) in [6, 6.07) is 17.3. The van der Waals surface area contributed by atoms with Gasteiger partial charge in [0.15, 0.2) is 9.84 Å². The van der Waals surface area contributed by atoms with Crippen molar-refractivity contribution in [1.82, 2.24) is 0 Å². The summed E-state index contributed by atoms with van der Waals surface area (Å²) < 4.78 is 31.6.